The lowest BCUT2D eigenvalue weighted by molar-refractivity contribution is 0.0708. The number of aryl methyl sites for hydroxylation is 1. The average Bonchev–Trinajstić information content (AvgIpc) is 3.02. The number of hydrogen-bond donors (Lipinski definition) is 0. The van der Waals surface area contributed by atoms with E-state index in [0.29, 0.717) is 23.8 Å². The minimum Gasteiger partial charge on any atom is -0.469 e. The van der Waals surface area contributed by atoms with Gasteiger partial charge in [0, 0.05) is 37.9 Å². The standard InChI is InChI=1S/C16H22N4O2/c1-12-14(4-7-22-12)16(21)20-10-13(8-18(2)3)9-19-6-5-17-15(19)11-20/h4-7,13H,8-11H2,1-3H3/t13-/m0/s1. The molecule has 2 aromatic rings. The molecule has 6 nitrogen and oxygen atoms in total. The van der Waals surface area contributed by atoms with Crippen molar-refractivity contribution in [3.8, 4) is 0 Å². The zero-order valence-electron chi connectivity index (χ0n) is 13.3. The van der Waals surface area contributed by atoms with Crippen LogP contribution in [-0.4, -0.2) is 52.4 Å². The first-order valence-electron chi connectivity index (χ1n) is 7.52. The highest BCUT2D eigenvalue weighted by Crippen LogP contribution is 2.20. The van der Waals surface area contributed by atoms with Crippen molar-refractivity contribution in [3.63, 3.8) is 0 Å². The Bertz CT molecular complexity index is 659. The Labute approximate surface area is 130 Å². The Hall–Kier alpha value is -2.08. The van der Waals surface area contributed by atoms with Crippen LogP contribution in [0.5, 0.6) is 0 Å². The second-order valence-electron chi connectivity index (χ2n) is 6.20. The molecule has 118 valence electrons. The number of amides is 1. The molecule has 0 aliphatic carbocycles. The van der Waals surface area contributed by atoms with Crippen LogP contribution in [0.25, 0.3) is 0 Å². The van der Waals surface area contributed by atoms with E-state index in [1.807, 2.05) is 18.0 Å². The number of nitrogens with zero attached hydrogens (tertiary/aromatic N) is 4. The van der Waals surface area contributed by atoms with Gasteiger partial charge in [-0.05, 0) is 27.1 Å². The molecule has 0 fully saturated rings. The van der Waals surface area contributed by atoms with Crippen LogP contribution in [-0.2, 0) is 13.1 Å². The third-order valence-corrected chi connectivity index (χ3v) is 4.07. The van der Waals surface area contributed by atoms with Gasteiger partial charge in [0.25, 0.3) is 5.91 Å². The number of rotatable bonds is 3. The molecule has 0 saturated carbocycles. The molecule has 0 N–H and O–H groups in total. The van der Waals surface area contributed by atoms with Gasteiger partial charge >= 0.3 is 0 Å². The quantitative estimate of drug-likeness (QED) is 0.864. The summed E-state index contributed by atoms with van der Waals surface area (Å²) in [5.74, 6) is 2.01. The lowest BCUT2D eigenvalue weighted by atomic mass is 10.1. The predicted molar refractivity (Wildman–Crippen MR) is 82.5 cm³/mol. The van der Waals surface area contributed by atoms with Crippen molar-refractivity contribution in [2.24, 2.45) is 5.92 Å². The van der Waals surface area contributed by atoms with Crippen LogP contribution in [0.3, 0.4) is 0 Å². The molecule has 6 heteroatoms. The second-order valence-corrected chi connectivity index (χ2v) is 6.20. The van der Waals surface area contributed by atoms with Gasteiger partial charge in [-0.15, -0.1) is 0 Å². The highest BCUT2D eigenvalue weighted by Gasteiger charge is 2.27. The van der Waals surface area contributed by atoms with E-state index in [2.05, 4.69) is 28.5 Å². The lowest BCUT2D eigenvalue weighted by Crippen LogP contribution is -2.37. The fraction of sp³-hybridized carbons (Fsp3) is 0.500. The Morgan fingerprint density at radius 3 is 2.95 bits per heavy atom. The van der Waals surface area contributed by atoms with E-state index in [4.69, 9.17) is 4.42 Å². The van der Waals surface area contributed by atoms with E-state index < -0.39 is 0 Å². The van der Waals surface area contributed by atoms with Crippen LogP contribution in [0.2, 0.25) is 0 Å². The van der Waals surface area contributed by atoms with Gasteiger partial charge < -0.3 is 18.8 Å². The average molecular weight is 302 g/mol. The molecule has 0 unspecified atom stereocenters. The van der Waals surface area contributed by atoms with Crippen LogP contribution in [0.4, 0.5) is 0 Å². The van der Waals surface area contributed by atoms with E-state index in [1.54, 1.807) is 18.5 Å². The molecule has 3 heterocycles. The van der Waals surface area contributed by atoms with Crippen LogP contribution in [0, 0.1) is 12.8 Å². The molecular formula is C16H22N4O2. The highest BCUT2D eigenvalue weighted by molar-refractivity contribution is 5.95. The molecule has 2 aromatic heterocycles. The van der Waals surface area contributed by atoms with Gasteiger partial charge in [-0.3, -0.25) is 4.79 Å². The number of hydrogen-bond acceptors (Lipinski definition) is 4. The molecule has 3 rings (SSSR count). The van der Waals surface area contributed by atoms with Crippen molar-refractivity contribution in [1.82, 2.24) is 19.4 Å². The smallest absolute Gasteiger partial charge is 0.257 e. The normalized spacial score (nSPS) is 18.4. The summed E-state index contributed by atoms with van der Waals surface area (Å²) in [6.07, 6.45) is 5.37. The number of carbonyl (C=O) groups excluding carboxylic acids is 1. The molecule has 0 aromatic carbocycles. The van der Waals surface area contributed by atoms with Gasteiger partial charge in [-0.1, -0.05) is 0 Å². The Balaban J connectivity index is 1.87. The van der Waals surface area contributed by atoms with Gasteiger partial charge in [0.05, 0.1) is 18.4 Å². The first-order valence-corrected chi connectivity index (χ1v) is 7.52. The van der Waals surface area contributed by atoms with Crippen molar-refractivity contribution in [2.45, 2.75) is 20.0 Å². The zero-order chi connectivity index (χ0) is 15.7. The molecule has 22 heavy (non-hydrogen) atoms. The molecule has 1 atom stereocenters. The van der Waals surface area contributed by atoms with E-state index in [9.17, 15) is 4.79 Å². The first kappa shape index (κ1) is 14.8. The van der Waals surface area contributed by atoms with Crippen molar-refractivity contribution in [2.75, 3.05) is 27.2 Å². The van der Waals surface area contributed by atoms with Crippen LogP contribution >= 0.6 is 0 Å². The monoisotopic (exact) mass is 302 g/mol. The number of imidazole rings is 1. The number of carbonyl (C=O) groups is 1. The summed E-state index contributed by atoms with van der Waals surface area (Å²) in [4.78, 5) is 21.3. The summed E-state index contributed by atoms with van der Waals surface area (Å²) in [6, 6.07) is 1.75. The molecule has 1 aliphatic rings. The highest BCUT2D eigenvalue weighted by atomic mass is 16.3. The van der Waals surface area contributed by atoms with Crippen molar-refractivity contribution in [1.29, 1.82) is 0 Å². The summed E-state index contributed by atoms with van der Waals surface area (Å²) in [5.41, 5.74) is 0.642. The van der Waals surface area contributed by atoms with Crippen molar-refractivity contribution < 1.29 is 9.21 Å². The van der Waals surface area contributed by atoms with Crippen LogP contribution in [0.1, 0.15) is 21.9 Å². The van der Waals surface area contributed by atoms with E-state index >= 15 is 0 Å². The van der Waals surface area contributed by atoms with Gasteiger partial charge in [-0.25, -0.2) is 4.98 Å². The molecular weight excluding hydrogens is 280 g/mol. The maximum Gasteiger partial charge on any atom is 0.257 e. The fourth-order valence-electron chi connectivity index (χ4n) is 3.10. The molecule has 0 spiro atoms. The third-order valence-electron chi connectivity index (χ3n) is 4.07. The van der Waals surface area contributed by atoms with Gasteiger partial charge in [0.2, 0.25) is 0 Å². The van der Waals surface area contributed by atoms with Crippen LogP contribution in [0.15, 0.2) is 29.1 Å². The number of furan rings is 1. The summed E-state index contributed by atoms with van der Waals surface area (Å²) < 4.78 is 7.43. The van der Waals surface area contributed by atoms with E-state index in [0.717, 1.165) is 25.5 Å². The Kier molecular flexibility index (Phi) is 4.02. The van der Waals surface area contributed by atoms with Gasteiger partial charge in [0.15, 0.2) is 0 Å². The van der Waals surface area contributed by atoms with Crippen molar-refractivity contribution >= 4 is 5.91 Å². The fourth-order valence-corrected chi connectivity index (χ4v) is 3.10. The summed E-state index contributed by atoms with van der Waals surface area (Å²) in [6.45, 7) is 4.92. The molecule has 0 saturated heterocycles. The second kappa shape index (κ2) is 5.96. The zero-order valence-corrected chi connectivity index (χ0v) is 13.3. The van der Waals surface area contributed by atoms with Crippen molar-refractivity contribution in [3.05, 3.63) is 41.9 Å². The van der Waals surface area contributed by atoms with Gasteiger partial charge in [-0.2, -0.15) is 0 Å². The minimum absolute atomic E-state index is 0.0199. The Morgan fingerprint density at radius 2 is 2.27 bits per heavy atom. The predicted octanol–water partition coefficient (Wildman–Crippen LogP) is 1.62. The topological polar surface area (TPSA) is 54.5 Å². The first-order chi connectivity index (χ1) is 10.5. The molecule has 0 bridgehead atoms. The summed E-state index contributed by atoms with van der Waals surface area (Å²) in [5, 5.41) is 0. The maximum atomic E-state index is 12.8. The maximum absolute atomic E-state index is 12.8. The summed E-state index contributed by atoms with van der Waals surface area (Å²) in [7, 11) is 4.12. The number of aromatic nitrogens is 2. The van der Waals surface area contributed by atoms with Gasteiger partial charge in [0.1, 0.15) is 11.6 Å². The third kappa shape index (κ3) is 2.92. The summed E-state index contributed by atoms with van der Waals surface area (Å²) >= 11 is 0. The largest absolute Gasteiger partial charge is 0.469 e. The molecule has 1 aliphatic heterocycles. The minimum atomic E-state index is 0.0199. The lowest BCUT2D eigenvalue weighted by Gasteiger charge is -2.25. The number of fused-ring (bicyclic) bond motifs is 1. The molecule has 0 radical (unpaired) electrons. The van der Waals surface area contributed by atoms with Crippen LogP contribution < -0.4 is 0 Å². The Morgan fingerprint density at radius 1 is 1.45 bits per heavy atom. The SMILES string of the molecule is Cc1occc1C(=O)N1Cc2nccn2C[C@H](CN(C)C)C1. The van der Waals surface area contributed by atoms with E-state index in [-0.39, 0.29) is 5.91 Å². The van der Waals surface area contributed by atoms with E-state index in [1.165, 1.54) is 0 Å². The molecule has 1 amide bonds.